The molecule has 9 heteroatoms. The van der Waals surface area contributed by atoms with Crippen molar-refractivity contribution in [2.45, 2.75) is 49.0 Å². The fourth-order valence-corrected chi connectivity index (χ4v) is 6.33. The topological polar surface area (TPSA) is 78.4 Å². The molecule has 2 fully saturated rings. The number of hydrogen-bond donors (Lipinski definition) is 1. The fraction of sp³-hybridized carbons (Fsp3) is 0.522. The Balaban J connectivity index is 1.34. The minimum Gasteiger partial charge on any atom is -0.364 e. The maximum atomic E-state index is 12.7. The number of amides is 1. The SMILES string of the molecule is CN1C[C@@H](Nc2nc(N3CCC(c4ccc(Cl)cc4)CC3)nc3c2S(=O)CC3)CCC1=O. The monoisotopic (exact) mass is 473 g/mol. The summed E-state index contributed by atoms with van der Waals surface area (Å²) in [6.07, 6.45) is 4.07. The van der Waals surface area contributed by atoms with E-state index in [-0.39, 0.29) is 11.9 Å². The number of aryl methyl sites for hydroxylation is 1. The van der Waals surface area contributed by atoms with E-state index >= 15 is 0 Å². The first-order chi connectivity index (χ1) is 15.5. The molecule has 2 atom stereocenters. The van der Waals surface area contributed by atoms with Gasteiger partial charge in [-0.15, -0.1) is 0 Å². The second-order valence-electron chi connectivity index (χ2n) is 8.91. The molecule has 7 nitrogen and oxygen atoms in total. The van der Waals surface area contributed by atoms with Gasteiger partial charge in [0.25, 0.3) is 0 Å². The highest BCUT2D eigenvalue weighted by molar-refractivity contribution is 7.85. The number of carbonyl (C=O) groups is 1. The summed E-state index contributed by atoms with van der Waals surface area (Å²) >= 11 is 6.04. The van der Waals surface area contributed by atoms with Crippen LogP contribution in [0.1, 0.15) is 42.9 Å². The molecule has 2 aromatic rings. The molecular weight excluding hydrogens is 446 g/mol. The second kappa shape index (κ2) is 8.98. The number of anilines is 2. The van der Waals surface area contributed by atoms with E-state index in [9.17, 15) is 9.00 Å². The number of nitrogens with one attached hydrogen (secondary N) is 1. The van der Waals surface area contributed by atoms with Gasteiger partial charge in [0.2, 0.25) is 11.9 Å². The molecule has 1 N–H and O–H groups in total. The molecule has 1 amide bonds. The molecule has 1 unspecified atom stereocenters. The Kier molecular flexibility index (Phi) is 6.07. The smallest absolute Gasteiger partial charge is 0.227 e. The number of likely N-dealkylation sites (N-methyl/N-ethyl adjacent to an activating group) is 1. The lowest BCUT2D eigenvalue weighted by molar-refractivity contribution is -0.132. The van der Waals surface area contributed by atoms with Gasteiger partial charge in [-0.3, -0.25) is 9.00 Å². The van der Waals surface area contributed by atoms with Crippen molar-refractivity contribution in [3.63, 3.8) is 0 Å². The highest BCUT2D eigenvalue weighted by Crippen LogP contribution is 2.34. The maximum Gasteiger partial charge on any atom is 0.227 e. The number of halogens is 1. The lowest BCUT2D eigenvalue weighted by Crippen LogP contribution is -2.43. The molecule has 3 aliphatic rings. The molecule has 0 bridgehead atoms. The number of aromatic nitrogens is 2. The number of carbonyl (C=O) groups excluding carboxylic acids is 1. The molecule has 0 spiro atoms. The highest BCUT2D eigenvalue weighted by Gasteiger charge is 2.31. The highest BCUT2D eigenvalue weighted by atomic mass is 35.5. The quantitative estimate of drug-likeness (QED) is 0.734. The van der Waals surface area contributed by atoms with Gasteiger partial charge in [-0.25, -0.2) is 4.98 Å². The molecule has 32 heavy (non-hydrogen) atoms. The molecule has 5 rings (SSSR count). The van der Waals surface area contributed by atoms with E-state index in [1.165, 1.54) is 5.56 Å². The van der Waals surface area contributed by atoms with Gasteiger partial charge in [-0.1, -0.05) is 23.7 Å². The molecule has 2 saturated heterocycles. The zero-order chi connectivity index (χ0) is 22.2. The number of likely N-dealkylation sites (tertiary alicyclic amines) is 1. The van der Waals surface area contributed by atoms with E-state index in [4.69, 9.17) is 21.6 Å². The average molecular weight is 474 g/mol. The van der Waals surface area contributed by atoms with Gasteiger partial charge in [0.05, 0.1) is 16.5 Å². The van der Waals surface area contributed by atoms with Gasteiger partial charge in [-0.05, 0) is 42.9 Å². The zero-order valence-corrected chi connectivity index (χ0v) is 19.8. The average Bonchev–Trinajstić information content (AvgIpc) is 3.18. The van der Waals surface area contributed by atoms with Crippen LogP contribution in [-0.4, -0.2) is 63.5 Å². The molecule has 1 aromatic carbocycles. The third-order valence-electron chi connectivity index (χ3n) is 6.76. The summed E-state index contributed by atoms with van der Waals surface area (Å²) in [4.78, 5) is 26.3. The fourth-order valence-electron chi connectivity index (χ4n) is 4.89. The lowest BCUT2D eigenvalue weighted by Gasteiger charge is -2.33. The molecule has 170 valence electrons. The van der Waals surface area contributed by atoms with Crippen molar-refractivity contribution in [3.05, 3.63) is 40.5 Å². The Hall–Kier alpha value is -2.19. The number of hydrogen-bond acceptors (Lipinski definition) is 6. The van der Waals surface area contributed by atoms with E-state index in [1.807, 2.05) is 19.2 Å². The standard InChI is InChI=1S/C23H28ClN5O2S/c1-28-14-18(6-7-20(28)30)25-22-21-19(10-13-32(21)31)26-23(27-22)29-11-8-16(9-12-29)15-2-4-17(24)5-3-15/h2-5,16,18H,6-14H2,1H3,(H,25,26,27)/t18-,32?/m0/s1. The van der Waals surface area contributed by atoms with Crippen LogP contribution < -0.4 is 10.2 Å². The Morgan fingerprint density at radius 3 is 2.56 bits per heavy atom. The third kappa shape index (κ3) is 4.35. The van der Waals surface area contributed by atoms with Crippen molar-refractivity contribution < 1.29 is 9.00 Å². The Labute approximate surface area is 196 Å². The predicted molar refractivity (Wildman–Crippen MR) is 127 cm³/mol. The van der Waals surface area contributed by atoms with Crippen LogP contribution in [0.2, 0.25) is 5.02 Å². The second-order valence-corrected chi connectivity index (χ2v) is 10.9. The lowest BCUT2D eigenvalue weighted by atomic mass is 9.89. The molecule has 0 saturated carbocycles. The van der Waals surface area contributed by atoms with Crippen LogP contribution in [0.5, 0.6) is 0 Å². The molecule has 4 heterocycles. The number of fused-ring (bicyclic) bond motifs is 1. The number of nitrogens with zero attached hydrogens (tertiary/aromatic N) is 4. The van der Waals surface area contributed by atoms with Gasteiger partial charge in [0, 0.05) is 56.3 Å². The predicted octanol–water partition coefficient (Wildman–Crippen LogP) is 3.21. The minimum absolute atomic E-state index is 0.109. The normalized spacial score (nSPS) is 24.0. The molecular formula is C23H28ClN5O2S. The van der Waals surface area contributed by atoms with Gasteiger partial charge in [0.15, 0.2) is 0 Å². The summed E-state index contributed by atoms with van der Waals surface area (Å²) in [5, 5.41) is 4.27. The first-order valence-corrected chi connectivity index (χ1v) is 13.0. The van der Waals surface area contributed by atoms with Crippen molar-refractivity contribution in [1.29, 1.82) is 0 Å². The van der Waals surface area contributed by atoms with Crippen molar-refractivity contribution in [3.8, 4) is 0 Å². The van der Waals surface area contributed by atoms with Crippen LogP contribution in [0.4, 0.5) is 11.8 Å². The van der Waals surface area contributed by atoms with E-state index in [2.05, 4.69) is 22.3 Å². The van der Waals surface area contributed by atoms with Crippen molar-refractivity contribution >= 4 is 40.1 Å². The van der Waals surface area contributed by atoms with Gasteiger partial charge < -0.3 is 15.1 Å². The van der Waals surface area contributed by atoms with Gasteiger partial charge in [-0.2, -0.15) is 4.98 Å². The number of piperidine rings is 2. The molecule has 3 aliphatic heterocycles. The van der Waals surface area contributed by atoms with Crippen molar-refractivity contribution in [1.82, 2.24) is 14.9 Å². The van der Waals surface area contributed by atoms with Gasteiger partial charge in [0.1, 0.15) is 10.7 Å². The zero-order valence-electron chi connectivity index (χ0n) is 18.2. The van der Waals surface area contributed by atoms with E-state index in [1.54, 1.807) is 4.90 Å². The summed E-state index contributed by atoms with van der Waals surface area (Å²) in [6, 6.07) is 8.27. The van der Waals surface area contributed by atoms with Gasteiger partial charge >= 0.3 is 0 Å². The van der Waals surface area contributed by atoms with Crippen molar-refractivity contribution in [2.24, 2.45) is 0 Å². The van der Waals surface area contributed by atoms with Crippen molar-refractivity contribution in [2.75, 3.05) is 42.7 Å². The Morgan fingerprint density at radius 1 is 1.09 bits per heavy atom. The molecule has 1 aromatic heterocycles. The molecule has 0 radical (unpaired) electrons. The van der Waals surface area contributed by atoms with Crippen LogP contribution in [0.15, 0.2) is 29.2 Å². The van der Waals surface area contributed by atoms with Crippen LogP contribution in [0, 0.1) is 0 Å². The first kappa shape index (κ1) is 21.6. The van der Waals surface area contributed by atoms with E-state index in [0.717, 1.165) is 60.3 Å². The Bertz CT molecular complexity index is 1040. The number of rotatable bonds is 4. The summed E-state index contributed by atoms with van der Waals surface area (Å²) in [5.74, 6) is 2.69. The summed E-state index contributed by atoms with van der Waals surface area (Å²) in [6.45, 7) is 2.40. The maximum absolute atomic E-state index is 12.7. The largest absolute Gasteiger partial charge is 0.364 e. The van der Waals surface area contributed by atoms with Crippen LogP contribution >= 0.6 is 11.6 Å². The minimum atomic E-state index is -1.07. The van der Waals surface area contributed by atoms with Crippen LogP contribution in [0.3, 0.4) is 0 Å². The molecule has 0 aliphatic carbocycles. The Morgan fingerprint density at radius 2 is 1.84 bits per heavy atom. The summed E-state index contributed by atoms with van der Waals surface area (Å²) < 4.78 is 12.7. The number of benzene rings is 1. The first-order valence-electron chi connectivity index (χ1n) is 11.3. The van der Waals surface area contributed by atoms with E-state index < -0.39 is 10.8 Å². The van der Waals surface area contributed by atoms with Crippen LogP contribution in [-0.2, 0) is 22.0 Å². The van der Waals surface area contributed by atoms with Crippen LogP contribution in [0.25, 0.3) is 0 Å². The third-order valence-corrected chi connectivity index (χ3v) is 8.47. The van der Waals surface area contributed by atoms with E-state index in [0.29, 0.717) is 30.5 Å². The summed E-state index contributed by atoms with van der Waals surface area (Å²) in [5.41, 5.74) is 2.23. The summed E-state index contributed by atoms with van der Waals surface area (Å²) in [7, 11) is 0.756.